The second kappa shape index (κ2) is 5.35. The highest BCUT2D eigenvalue weighted by Crippen LogP contribution is 2.68. The van der Waals surface area contributed by atoms with E-state index in [1.165, 1.54) is 50.5 Å². The van der Waals surface area contributed by atoms with Crippen LogP contribution in [0.25, 0.3) is 0 Å². The van der Waals surface area contributed by atoms with Gasteiger partial charge in [0, 0.05) is 0 Å². The van der Waals surface area contributed by atoms with Crippen molar-refractivity contribution in [3.8, 4) is 0 Å². The molecule has 0 radical (unpaired) electrons. The van der Waals surface area contributed by atoms with E-state index in [0.717, 1.165) is 42.4 Å². The zero-order valence-corrected chi connectivity index (χ0v) is 15.5. The van der Waals surface area contributed by atoms with E-state index in [1.807, 2.05) is 0 Å². The SMILES string of the molecule is C=C(C)C1CCC2C3CCC4CC(O)CCC4(C)C3CCC12C. The predicted octanol–water partition coefficient (Wildman–Crippen LogP) is 5.58. The molecule has 1 heteroatoms. The van der Waals surface area contributed by atoms with Crippen molar-refractivity contribution in [2.24, 2.45) is 40.4 Å². The lowest BCUT2D eigenvalue weighted by molar-refractivity contribution is -0.124. The summed E-state index contributed by atoms with van der Waals surface area (Å²) in [5, 5.41) is 10.1. The third kappa shape index (κ3) is 2.21. The molecule has 0 aromatic rings. The highest BCUT2D eigenvalue weighted by atomic mass is 16.3. The first-order chi connectivity index (χ1) is 10.9. The normalized spacial score (nSPS) is 55.7. The minimum Gasteiger partial charge on any atom is -0.393 e. The monoisotopic (exact) mass is 316 g/mol. The molecular weight excluding hydrogens is 280 g/mol. The summed E-state index contributed by atoms with van der Waals surface area (Å²) in [5.74, 6) is 4.38. The third-order valence-electron chi connectivity index (χ3n) is 9.23. The Morgan fingerprint density at radius 3 is 2.35 bits per heavy atom. The second-order valence-corrected chi connectivity index (χ2v) is 10.1. The Morgan fingerprint density at radius 2 is 1.61 bits per heavy atom. The molecule has 23 heavy (non-hydrogen) atoms. The fourth-order valence-corrected chi connectivity index (χ4v) is 8.04. The summed E-state index contributed by atoms with van der Waals surface area (Å²) < 4.78 is 0. The van der Waals surface area contributed by atoms with Crippen LogP contribution in [0.1, 0.15) is 78.6 Å². The first kappa shape index (κ1) is 16.2. The lowest BCUT2D eigenvalue weighted by atomic mass is 9.44. The molecule has 1 N–H and O–H groups in total. The molecule has 4 aliphatic rings. The molecule has 0 heterocycles. The maximum absolute atomic E-state index is 10.1. The van der Waals surface area contributed by atoms with Crippen molar-refractivity contribution >= 4 is 0 Å². The molecule has 8 unspecified atom stereocenters. The number of aliphatic hydroxyl groups excluding tert-OH is 1. The number of aliphatic hydroxyl groups is 1. The van der Waals surface area contributed by atoms with E-state index in [-0.39, 0.29) is 6.10 Å². The Balaban J connectivity index is 1.61. The quantitative estimate of drug-likeness (QED) is 0.626. The molecule has 4 saturated carbocycles. The molecule has 0 aromatic heterocycles. The van der Waals surface area contributed by atoms with E-state index < -0.39 is 0 Å². The Kier molecular flexibility index (Phi) is 3.76. The van der Waals surface area contributed by atoms with Crippen molar-refractivity contribution in [1.29, 1.82) is 0 Å². The Morgan fingerprint density at radius 1 is 0.913 bits per heavy atom. The third-order valence-corrected chi connectivity index (χ3v) is 9.23. The van der Waals surface area contributed by atoms with Crippen LogP contribution in [0.4, 0.5) is 0 Å². The summed E-state index contributed by atoms with van der Waals surface area (Å²) in [6, 6.07) is 0. The van der Waals surface area contributed by atoms with Gasteiger partial charge in [-0.3, -0.25) is 0 Å². The van der Waals surface area contributed by atoms with Gasteiger partial charge in [-0.05, 0) is 105 Å². The molecule has 130 valence electrons. The van der Waals surface area contributed by atoms with E-state index in [4.69, 9.17) is 0 Å². The Labute approximate surface area is 142 Å². The molecular formula is C22H36O. The maximum Gasteiger partial charge on any atom is 0.0543 e. The lowest BCUT2D eigenvalue weighted by Crippen LogP contribution is -2.53. The van der Waals surface area contributed by atoms with Gasteiger partial charge in [-0.25, -0.2) is 0 Å². The average molecular weight is 317 g/mol. The first-order valence-electron chi connectivity index (χ1n) is 10.2. The first-order valence-corrected chi connectivity index (χ1v) is 10.2. The summed E-state index contributed by atoms with van der Waals surface area (Å²) >= 11 is 0. The van der Waals surface area contributed by atoms with Crippen LogP contribution in [-0.4, -0.2) is 11.2 Å². The smallest absolute Gasteiger partial charge is 0.0543 e. The van der Waals surface area contributed by atoms with Crippen LogP contribution in [-0.2, 0) is 0 Å². The molecule has 0 aliphatic heterocycles. The van der Waals surface area contributed by atoms with Crippen molar-refractivity contribution in [3.63, 3.8) is 0 Å². The molecule has 8 atom stereocenters. The molecule has 0 bridgehead atoms. The standard InChI is InChI=1S/C22H36O/c1-14(2)18-7-8-19-17-6-5-15-13-16(23)9-11-21(15,3)20(17)10-12-22(18,19)4/h15-20,23H,1,5-13H2,2-4H3. The van der Waals surface area contributed by atoms with Crippen LogP contribution in [0.2, 0.25) is 0 Å². The van der Waals surface area contributed by atoms with Gasteiger partial charge in [0.2, 0.25) is 0 Å². The Hall–Kier alpha value is -0.300. The highest BCUT2D eigenvalue weighted by molar-refractivity contribution is 5.15. The summed E-state index contributed by atoms with van der Waals surface area (Å²) in [4.78, 5) is 0. The largest absolute Gasteiger partial charge is 0.393 e. The van der Waals surface area contributed by atoms with Crippen molar-refractivity contribution in [3.05, 3.63) is 12.2 Å². The van der Waals surface area contributed by atoms with Gasteiger partial charge in [0.1, 0.15) is 0 Å². The van der Waals surface area contributed by atoms with Crippen molar-refractivity contribution in [1.82, 2.24) is 0 Å². The van der Waals surface area contributed by atoms with Crippen LogP contribution in [0.5, 0.6) is 0 Å². The van der Waals surface area contributed by atoms with Gasteiger partial charge in [0.25, 0.3) is 0 Å². The van der Waals surface area contributed by atoms with E-state index in [2.05, 4.69) is 27.4 Å². The van der Waals surface area contributed by atoms with Gasteiger partial charge < -0.3 is 5.11 Å². The Bertz CT molecular complexity index is 496. The number of hydrogen-bond donors (Lipinski definition) is 1. The van der Waals surface area contributed by atoms with Crippen LogP contribution in [0, 0.1) is 40.4 Å². The second-order valence-electron chi connectivity index (χ2n) is 10.1. The van der Waals surface area contributed by atoms with Gasteiger partial charge in [-0.2, -0.15) is 0 Å². The zero-order chi connectivity index (χ0) is 16.4. The summed E-state index contributed by atoms with van der Waals surface area (Å²) in [5.41, 5.74) is 2.49. The fraction of sp³-hybridized carbons (Fsp3) is 0.909. The molecule has 0 amide bonds. The molecule has 4 rings (SSSR count). The van der Waals surface area contributed by atoms with Gasteiger partial charge in [0.05, 0.1) is 6.10 Å². The van der Waals surface area contributed by atoms with E-state index in [0.29, 0.717) is 10.8 Å². The molecule has 0 aromatic carbocycles. The van der Waals surface area contributed by atoms with Crippen molar-refractivity contribution < 1.29 is 5.11 Å². The topological polar surface area (TPSA) is 20.2 Å². The van der Waals surface area contributed by atoms with Crippen molar-refractivity contribution in [2.45, 2.75) is 84.7 Å². The predicted molar refractivity (Wildman–Crippen MR) is 96.0 cm³/mol. The van der Waals surface area contributed by atoms with Crippen molar-refractivity contribution in [2.75, 3.05) is 0 Å². The zero-order valence-electron chi connectivity index (χ0n) is 15.5. The minimum absolute atomic E-state index is 0.0160. The van der Waals surface area contributed by atoms with Gasteiger partial charge in [-0.15, -0.1) is 0 Å². The number of allylic oxidation sites excluding steroid dienone is 1. The molecule has 4 aliphatic carbocycles. The fourth-order valence-electron chi connectivity index (χ4n) is 8.04. The number of hydrogen-bond acceptors (Lipinski definition) is 1. The molecule has 4 fully saturated rings. The minimum atomic E-state index is -0.0160. The van der Waals surface area contributed by atoms with Gasteiger partial charge in [-0.1, -0.05) is 26.0 Å². The number of rotatable bonds is 1. The molecule has 0 spiro atoms. The van der Waals surface area contributed by atoms with Gasteiger partial charge in [0.15, 0.2) is 0 Å². The lowest BCUT2D eigenvalue weighted by Gasteiger charge is -2.61. The molecule has 0 saturated heterocycles. The van der Waals surface area contributed by atoms with E-state index >= 15 is 0 Å². The average Bonchev–Trinajstić information content (AvgIpc) is 2.85. The summed E-state index contributed by atoms with van der Waals surface area (Å²) in [7, 11) is 0. The van der Waals surface area contributed by atoms with Crippen LogP contribution in [0.15, 0.2) is 12.2 Å². The van der Waals surface area contributed by atoms with Crippen LogP contribution in [0.3, 0.4) is 0 Å². The van der Waals surface area contributed by atoms with Crippen LogP contribution >= 0.6 is 0 Å². The van der Waals surface area contributed by atoms with Crippen LogP contribution < -0.4 is 0 Å². The van der Waals surface area contributed by atoms with Gasteiger partial charge >= 0.3 is 0 Å². The maximum atomic E-state index is 10.1. The van der Waals surface area contributed by atoms with E-state index in [9.17, 15) is 5.11 Å². The van der Waals surface area contributed by atoms with E-state index in [1.54, 1.807) is 0 Å². The molecule has 1 nitrogen and oxygen atoms in total. The summed E-state index contributed by atoms with van der Waals surface area (Å²) in [6.07, 6.45) is 11.9. The number of fused-ring (bicyclic) bond motifs is 5. The summed E-state index contributed by atoms with van der Waals surface area (Å²) in [6.45, 7) is 11.8. The highest BCUT2D eigenvalue weighted by Gasteiger charge is 2.60.